The fourth-order valence-corrected chi connectivity index (χ4v) is 3.83. The predicted octanol–water partition coefficient (Wildman–Crippen LogP) is 2.30. The first-order chi connectivity index (χ1) is 16.6. The number of alkyl halides is 2. The van der Waals surface area contributed by atoms with Crippen molar-refractivity contribution in [1.29, 1.82) is 0 Å². The zero-order valence-electron chi connectivity index (χ0n) is 17.9. The Hall–Kier alpha value is -4.03. The summed E-state index contributed by atoms with van der Waals surface area (Å²) >= 11 is 0. The van der Waals surface area contributed by atoms with E-state index in [4.69, 9.17) is 0 Å². The number of aryl methyl sites for hydroxylation is 1. The van der Waals surface area contributed by atoms with Gasteiger partial charge in [-0.05, 0) is 31.0 Å². The van der Waals surface area contributed by atoms with Gasteiger partial charge >= 0.3 is 5.92 Å². The van der Waals surface area contributed by atoms with Gasteiger partial charge in [-0.2, -0.15) is 13.5 Å². The molecule has 184 valence electrons. The molecule has 8 nitrogen and oxygen atoms in total. The summed E-state index contributed by atoms with van der Waals surface area (Å²) in [7, 11) is 0. The fourth-order valence-electron chi connectivity index (χ4n) is 3.83. The molecule has 1 amide bonds. The number of carbonyl (C=O) groups is 1. The fraction of sp³-hybridized carbons (Fsp3) is 0.273. The number of hydrogen-bond acceptors (Lipinski definition) is 5. The predicted molar refractivity (Wildman–Crippen MR) is 112 cm³/mol. The number of carbonyl (C=O) groups excluding carboxylic acids is 1. The van der Waals surface area contributed by atoms with Crippen LogP contribution in [-0.2, 0) is 23.7 Å². The molecular weight excluding hydrogens is 477 g/mol. The third-order valence-corrected chi connectivity index (χ3v) is 5.62. The van der Waals surface area contributed by atoms with Crippen LogP contribution in [0.3, 0.4) is 0 Å². The van der Waals surface area contributed by atoms with Crippen molar-refractivity contribution in [3.8, 4) is 0 Å². The number of rotatable bonds is 7. The molecule has 1 atom stereocenters. The monoisotopic (exact) mass is 495 g/mol. The van der Waals surface area contributed by atoms with Crippen LogP contribution in [0.25, 0.3) is 0 Å². The van der Waals surface area contributed by atoms with Gasteiger partial charge in [0.2, 0.25) is 5.91 Å². The van der Waals surface area contributed by atoms with Crippen molar-refractivity contribution < 1.29 is 31.5 Å². The van der Waals surface area contributed by atoms with E-state index in [1.54, 1.807) is 0 Å². The summed E-state index contributed by atoms with van der Waals surface area (Å²) < 4.78 is 71.1. The molecule has 1 unspecified atom stereocenters. The van der Waals surface area contributed by atoms with E-state index >= 15 is 0 Å². The van der Waals surface area contributed by atoms with Gasteiger partial charge in [0.05, 0.1) is 6.54 Å². The Morgan fingerprint density at radius 3 is 2.69 bits per heavy atom. The summed E-state index contributed by atoms with van der Waals surface area (Å²) in [6.45, 7) is -1.78. The van der Waals surface area contributed by atoms with Crippen LogP contribution in [0.4, 0.5) is 27.8 Å². The van der Waals surface area contributed by atoms with Gasteiger partial charge in [0.25, 0.3) is 11.3 Å². The van der Waals surface area contributed by atoms with Crippen LogP contribution in [0.5, 0.6) is 0 Å². The van der Waals surface area contributed by atoms with E-state index in [-0.39, 0.29) is 17.6 Å². The summed E-state index contributed by atoms with van der Waals surface area (Å²) in [4.78, 5) is 29.4. The van der Waals surface area contributed by atoms with Crippen molar-refractivity contribution in [3.63, 3.8) is 0 Å². The molecular formula is C22H18F5N5O3. The van der Waals surface area contributed by atoms with Gasteiger partial charge in [-0.25, -0.2) is 18.2 Å². The lowest BCUT2D eigenvalue weighted by Crippen LogP contribution is -2.42. The molecule has 1 aromatic carbocycles. The van der Waals surface area contributed by atoms with Crippen LogP contribution in [0, 0.1) is 22.7 Å². The lowest BCUT2D eigenvalue weighted by atomic mass is 10.1. The lowest BCUT2D eigenvalue weighted by molar-refractivity contribution is -0.624. The number of nitrogens with one attached hydrogen (secondary N) is 2. The number of nitrogens with zero attached hydrogens (tertiary/aromatic N) is 3. The Kier molecular flexibility index (Phi) is 6.41. The molecule has 3 heterocycles. The molecule has 0 aliphatic carbocycles. The zero-order valence-corrected chi connectivity index (χ0v) is 17.9. The molecule has 0 fully saturated rings. The van der Waals surface area contributed by atoms with Crippen molar-refractivity contribution in [2.75, 3.05) is 11.9 Å². The van der Waals surface area contributed by atoms with Gasteiger partial charge in [-0.15, -0.1) is 0 Å². The Bertz CT molecular complexity index is 1350. The zero-order chi connectivity index (χ0) is 25.3. The first-order valence-electron chi connectivity index (χ1n) is 10.4. The highest BCUT2D eigenvalue weighted by atomic mass is 19.3. The van der Waals surface area contributed by atoms with E-state index in [9.17, 15) is 36.7 Å². The Morgan fingerprint density at radius 1 is 1.20 bits per heavy atom. The van der Waals surface area contributed by atoms with Gasteiger partial charge in [-0.3, -0.25) is 14.2 Å². The molecule has 0 spiro atoms. The molecule has 2 N–H and O–H groups in total. The van der Waals surface area contributed by atoms with Crippen LogP contribution >= 0.6 is 0 Å². The second kappa shape index (κ2) is 9.31. The highest BCUT2D eigenvalue weighted by Gasteiger charge is 2.40. The van der Waals surface area contributed by atoms with E-state index in [0.29, 0.717) is 11.8 Å². The van der Waals surface area contributed by atoms with Crippen molar-refractivity contribution in [3.05, 3.63) is 92.7 Å². The van der Waals surface area contributed by atoms with E-state index < -0.39 is 71.0 Å². The lowest BCUT2D eigenvalue weighted by Gasteiger charge is -2.18. The maximum atomic E-state index is 14.5. The van der Waals surface area contributed by atoms with Crippen molar-refractivity contribution in [2.24, 2.45) is 0 Å². The minimum atomic E-state index is -3.64. The third-order valence-electron chi connectivity index (χ3n) is 5.62. The van der Waals surface area contributed by atoms with Crippen molar-refractivity contribution in [1.82, 2.24) is 14.9 Å². The molecule has 35 heavy (non-hydrogen) atoms. The topological polar surface area (TPSA) is 103 Å². The van der Waals surface area contributed by atoms with Gasteiger partial charge in [0, 0.05) is 36.1 Å². The maximum absolute atomic E-state index is 14.5. The summed E-state index contributed by atoms with van der Waals surface area (Å²) in [5, 5.41) is 16.2. The van der Waals surface area contributed by atoms with E-state index in [1.807, 2.05) is 0 Å². The van der Waals surface area contributed by atoms with E-state index in [1.165, 1.54) is 18.3 Å². The SMILES string of the molecule is O=C(NCc1c(F)ccc(F)c1F)C1CCc2cnc(NCC(F)(F)c3cccc[n+]3[O-])c(=O)n21. The average molecular weight is 495 g/mol. The van der Waals surface area contributed by atoms with Gasteiger partial charge < -0.3 is 15.8 Å². The van der Waals surface area contributed by atoms with Crippen LogP contribution in [0.1, 0.15) is 29.4 Å². The molecule has 0 radical (unpaired) electrons. The highest BCUT2D eigenvalue weighted by Crippen LogP contribution is 2.27. The smallest absolute Gasteiger partial charge is 0.347 e. The molecule has 0 saturated carbocycles. The second-order valence-electron chi connectivity index (χ2n) is 7.84. The van der Waals surface area contributed by atoms with E-state index in [0.717, 1.165) is 22.9 Å². The van der Waals surface area contributed by atoms with Crippen LogP contribution in [0.15, 0.2) is 47.5 Å². The molecule has 1 aliphatic heterocycles. The number of pyridine rings is 1. The summed E-state index contributed by atoms with van der Waals surface area (Å²) in [6, 6.07) is 3.74. The van der Waals surface area contributed by atoms with Crippen molar-refractivity contribution >= 4 is 11.7 Å². The Balaban J connectivity index is 1.51. The van der Waals surface area contributed by atoms with E-state index in [2.05, 4.69) is 15.6 Å². The minimum Gasteiger partial charge on any atom is -0.618 e. The minimum absolute atomic E-state index is 0.00923. The number of hydrogen-bond donors (Lipinski definition) is 2. The first-order valence-corrected chi connectivity index (χ1v) is 10.4. The van der Waals surface area contributed by atoms with Crippen LogP contribution in [-0.4, -0.2) is 22.0 Å². The summed E-state index contributed by atoms with van der Waals surface area (Å²) in [6.07, 6.45) is 2.57. The van der Waals surface area contributed by atoms with Gasteiger partial charge in [0.15, 0.2) is 23.6 Å². The highest BCUT2D eigenvalue weighted by molar-refractivity contribution is 5.81. The largest absolute Gasteiger partial charge is 0.618 e. The average Bonchev–Trinajstić information content (AvgIpc) is 3.26. The number of amides is 1. The standard InChI is InChI=1S/C22H18F5N5O3/c23-14-5-6-15(24)18(25)13(14)10-29-20(33)16-7-4-12-9-28-19(21(34)32(12)16)30-11-22(26,27)17-3-1-2-8-31(17)35/h1-3,5-6,8-9,16H,4,7,10-11H2,(H,28,30)(H,29,33). The number of benzene rings is 1. The molecule has 0 bridgehead atoms. The van der Waals surface area contributed by atoms with Crippen LogP contribution < -0.4 is 20.9 Å². The molecule has 0 saturated heterocycles. The summed E-state index contributed by atoms with van der Waals surface area (Å²) in [5.74, 6) is -8.66. The maximum Gasteiger partial charge on any atom is 0.347 e. The number of anilines is 1. The first kappa shape index (κ1) is 24.1. The number of halogens is 5. The molecule has 3 aromatic rings. The van der Waals surface area contributed by atoms with Gasteiger partial charge in [0.1, 0.15) is 11.9 Å². The molecule has 13 heteroatoms. The Labute approximate surface area is 194 Å². The number of aromatic nitrogens is 3. The molecule has 4 rings (SSSR count). The quantitative estimate of drug-likeness (QED) is 0.227. The number of fused-ring (bicyclic) bond motifs is 1. The summed E-state index contributed by atoms with van der Waals surface area (Å²) in [5.41, 5.74) is -2.01. The molecule has 1 aliphatic rings. The van der Waals surface area contributed by atoms with Gasteiger partial charge in [-0.1, -0.05) is 0 Å². The second-order valence-corrected chi connectivity index (χ2v) is 7.84. The van der Waals surface area contributed by atoms with Crippen molar-refractivity contribution in [2.45, 2.75) is 31.4 Å². The Morgan fingerprint density at radius 2 is 1.94 bits per heavy atom. The molecule has 2 aromatic heterocycles. The third kappa shape index (κ3) is 4.66. The van der Waals surface area contributed by atoms with Crippen LogP contribution in [0.2, 0.25) is 0 Å². The normalized spacial score (nSPS) is 15.1.